The number of H-pyrrole nitrogens is 1. The average molecular weight is 336 g/mol. The second kappa shape index (κ2) is 6.68. The van der Waals surface area contributed by atoms with E-state index >= 15 is 0 Å². The third kappa shape index (κ3) is 3.19. The van der Waals surface area contributed by atoms with E-state index in [0.29, 0.717) is 0 Å². The number of aliphatic hydroxyl groups is 1. The summed E-state index contributed by atoms with van der Waals surface area (Å²) in [5, 5.41) is 9.76. The first-order valence-electron chi connectivity index (χ1n) is 8.08. The Kier molecular flexibility index (Phi) is 4.82. The maximum atomic E-state index is 12.4. The molecule has 0 spiro atoms. The lowest BCUT2D eigenvalue weighted by molar-refractivity contribution is 0.0862. The number of β-amino-alcohol motifs (C(OH)–C–C–N with tert-alkyl or cyclic N) is 1. The maximum Gasteiger partial charge on any atom is 0.259 e. The molecule has 0 bridgehead atoms. The minimum atomic E-state index is -0.0300. The van der Waals surface area contributed by atoms with Crippen molar-refractivity contribution in [3.05, 3.63) is 26.6 Å². The molecule has 7 heteroatoms. The van der Waals surface area contributed by atoms with Crippen LogP contribution in [-0.2, 0) is 0 Å². The lowest BCUT2D eigenvalue weighted by Gasteiger charge is -2.37. The molecule has 0 radical (unpaired) electrons. The number of nitrogens with zero attached hydrogens (tertiary/aromatic N) is 3. The van der Waals surface area contributed by atoms with Gasteiger partial charge in [-0.2, -0.15) is 0 Å². The van der Waals surface area contributed by atoms with Gasteiger partial charge in [0.15, 0.2) is 0 Å². The lowest BCUT2D eigenvalue weighted by Crippen LogP contribution is -2.48. The van der Waals surface area contributed by atoms with E-state index in [1.807, 2.05) is 13.8 Å². The minimum absolute atomic E-state index is 0.0300. The van der Waals surface area contributed by atoms with Gasteiger partial charge >= 0.3 is 0 Å². The number of nitrogens with one attached hydrogen (secondary N) is 1. The molecular formula is C16H24N4O2S. The van der Waals surface area contributed by atoms with E-state index in [0.717, 1.165) is 59.2 Å². The quantitative estimate of drug-likeness (QED) is 0.880. The summed E-state index contributed by atoms with van der Waals surface area (Å²) < 4.78 is 0. The van der Waals surface area contributed by atoms with E-state index in [1.165, 1.54) is 0 Å². The number of aromatic amines is 1. The van der Waals surface area contributed by atoms with Crippen LogP contribution in [0.15, 0.2) is 4.79 Å². The highest BCUT2D eigenvalue weighted by molar-refractivity contribution is 7.18. The number of aryl methyl sites for hydroxylation is 2. The lowest BCUT2D eigenvalue weighted by atomic mass is 10.2. The molecule has 0 aliphatic carbocycles. The minimum Gasteiger partial charge on any atom is -0.395 e. The fourth-order valence-electron chi connectivity index (χ4n) is 3.16. The van der Waals surface area contributed by atoms with Crippen molar-refractivity contribution in [1.29, 1.82) is 0 Å². The monoisotopic (exact) mass is 336 g/mol. The highest BCUT2D eigenvalue weighted by atomic mass is 32.1. The van der Waals surface area contributed by atoms with Crippen LogP contribution < -0.4 is 5.56 Å². The summed E-state index contributed by atoms with van der Waals surface area (Å²) in [6, 6.07) is 0.0890. The first kappa shape index (κ1) is 16.6. The Morgan fingerprint density at radius 3 is 2.65 bits per heavy atom. The SMILES string of the molecule is Cc1sc2nc([C@H](C)N3CCN(CCO)CC3)[nH]c(=O)c2c1C. The predicted molar refractivity (Wildman–Crippen MR) is 93.2 cm³/mol. The Bertz CT molecular complexity index is 746. The number of fused-ring (bicyclic) bond motifs is 1. The average Bonchev–Trinajstić information content (AvgIpc) is 2.82. The van der Waals surface area contributed by atoms with Gasteiger partial charge in [0.2, 0.25) is 0 Å². The summed E-state index contributed by atoms with van der Waals surface area (Å²) in [5.41, 5.74) is 1.01. The summed E-state index contributed by atoms with van der Waals surface area (Å²) in [5.74, 6) is 0.749. The van der Waals surface area contributed by atoms with Crippen LogP contribution in [0.1, 0.15) is 29.2 Å². The van der Waals surface area contributed by atoms with E-state index in [-0.39, 0.29) is 18.2 Å². The van der Waals surface area contributed by atoms with Gasteiger partial charge < -0.3 is 10.1 Å². The Labute approximate surface area is 139 Å². The molecule has 0 saturated carbocycles. The number of hydrogen-bond acceptors (Lipinski definition) is 6. The van der Waals surface area contributed by atoms with Crippen molar-refractivity contribution >= 4 is 21.6 Å². The Morgan fingerprint density at radius 2 is 2.00 bits per heavy atom. The molecule has 6 nitrogen and oxygen atoms in total. The van der Waals surface area contributed by atoms with E-state index in [9.17, 15) is 4.79 Å². The fourth-order valence-corrected chi connectivity index (χ4v) is 4.19. The van der Waals surface area contributed by atoms with Crippen molar-refractivity contribution in [3.8, 4) is 0 Å². The second-order valence-corrected chi connectivity index (χ2v) is 7.39. The second-order valence-electron chi connectivity index (χ2n) is 6.19. The van der Waals surface area contributed by atoms with Crippen LogP contribution in [0.5, 0.6) is 0 Å². The molecule has 2 aromatic rings. The summed E-state index contributed by atoms with van der Waals surface area (Å²) in [6.07, 6.45) is 0. The summed E-state index contributed by atoms with van der Waals surface area (Å²) in [4.78, 5) is 26.7. The maximum absolute atomic E-state index is 12.4. The van der Waals surface area contributed by atoms with Gasteiger partial charge in [-0.15, -0.1) is 11.3 Å². The molecule has 3 heterocycles. The van der Waals surface area contributed by atoms with Gasteiger partial charge in [-0.3, -0.25) is 14.6 Å². The molecule has 0 amide bonds. The molecule has 1 saturated heterocycles. The highest BCUT2D eigenvalue weighted by Crippen LogP contribution is 2.27. The fraction of sp³-hybridized carbons (Fsp3) is 0.625. The van der Waals surface area contributed by atoms with Crippen molar-refractivity contribution < 1.29 is 5.11 Å². The van der Waals surface area contributed by atoms with Crippen molar-refractivity contribution in [2.45, 2.75) is 26.8 Å². The van der Waals surface area contributed by atoms with Crippen molar-refractivity contribution in [2.24, 2.45) is 0 Å². The van der Waals surface area contributed by atoms with Crippen molar-refractivity contribution in [2.75, 3.05) is 39.3 Å². The first-order chi connectivity index (χ1) is 11.0. The van der Waals surface area contributed by atoms with Gasteiger partial charge in [0.1, 0.15) is 10.7 Å². The van der Waals surface area contributed by atoms with Gasteiger partial charge in [-0.25, -0.2) is 4.98 Å². The zero-order valence-corrected chi connectivity index (χ0v) is 14.7. The third-order valence-electron chi connectivity index (χ3n) is 4.82. The topological polar surface area (TPSA) is 72.5 Å². The van der Waals surface area contributed by atoms with E-state index in [2.05, 4.69) is 21.7 Å². The van der Waals surface area contributed by atoms with Gasteiger partial charge in [0.25, 0.3) is 5.56 Å². The molecule has 2 aromatic heterocycles. The number of thiophene rings is 1. The van der Waals surface area contributed by atoms with Crippen molar-refractivity contribution in [1.82, 2.24) is 19.8 Å². The van der Waals surface area contributed by atoms with E-state index in [4.69, 9.17) is 10.1 Å². The summed E-state index contributed by atoms with van der Waals surface area (Å²) in [6.45, 7) is 10.8. The van der Waals surface area contributed by atoms with E-state index < -0.39 is 0 Å². The summed E-state index contributed by atoms with van der Waals surface area (Å²) >= 11 is 1.59. The van der Waals surface area contributed by atoms with Crippen LogP contribution in [0.2, 0.25) is 0 Å². The number of rotatable bonds is 4. The molecular weight excluding hydrogens is 312 g/mol. The molecule has 126 valence electrons. The standard InChI is InChI=1S/C16H24N4O2S/c1-10-12(3)23-16-13(10)15(22)17-14(18-16)11(2)20-6-4-19(5-7-20)8-9-21/h11,21H,4-9H2,1-3H3,(H,17,18,22)/t11-/m0/s1. The molecule has 23 heavy (non-hydrogen) atoms. The van der Waals surface area contributed by atoms with Gasteiger partial charge in [0.05, 0.1) is 18.0 Å². The summed E-state index contributed by atoms with van der Waals surface area (Å²) in [7, 11) is 0. The molecule has 2 N–H and O–H groups in total. The molecule has 1 atom stereocenters. The largest absolute Gasteiger partial charge is 0.395 e. The van der Waals surface area contributed by atoms with Crippen molar-refractivity contribution in [3.63, 3.8) is 0 Å². The first-order valence-corrected chi connectivity index (χ1v) is 8.90. The normalized spacial score (nSPS) is 18.6. The Morgan fingerprint density at radius 1 is 1.30 bits per heavy atom. The number of hydrogen-bond donors (Lipinski definition) is 2. The number of aromatic nitrogens is 2. The van der Waals surface area contributed by atoms with Crippen LogP contribution in [0, 0.1) is 13.8 Å². The van der Waals surface area contributed by atoms with Crippen LogP contribution in [-0.4, -0.2) is 64.2 Å². The zero-order chi connectivity index (χ0) is 16.6. The predicted octanol–water partition coefficient (Wildman–Crippen LogP) is 1.27. The number of piperazine rings is 1. The van der Waals surface area contributed by atoms with Crippen LogP contribution in [0.4, 0.5) is 0 Å². The zero-order valence-electron chi connectivity index (χ0n) is 13.9. The third-order valence-corrected chi connectivity index (χ3v) is 5.93. The van der Waals surface area contributed by atoms with Crippen LogP contribution in [0.3, 0.4) is 0 Å². The molecule has 1 aliphatic rings. The van der Waals surface area contributed by atoms with E-state index in [1.54, 1.807) is 11.3 Å². The van der Waals surface area contributed by atoms with Gasteiger partial charge in [-0.05, 0) is 26.3 Å². The Balaban J connectivity index is 1.82. The van der Waals surface area contributed by atoms with Crippen LogP contribution >= 0.6 is 11.3 Å². The highest BCUT2D eigenvalue weighted by Gasteiger charge is 2.24. The number of aliphatic hydroxyl groups excluding tert-OH is 1. The Hall–Kier alpha value is -1.28. The van der Waals surface area contributed by atoms with Crippen LogP contribution in [0.25, 0.3) is 10.2 Å². The molecule has 0 aromatic carbocycles. The molecule has 3 rings (SSSR count). The molecule has 1 aliphatic heterocycles. The molecule has 0 unspecified atom stereocenters. The van der Waals surface area contributed by atoms with Gasteiger partial charge in [-0.1, -0.05) is 0 Å². The smallest absolute Gasteiger partial charge is 0.259 e. The molecule has 1 fully saturated rings. The van der Waals surface area contributed by atoms with Gasteiger partial charge in [0, 0.05) is 37.6 Å².